The van der Waals surface area contributed by atoms with Crippen LogP contribution >= 0.6 is 0 Å². The maximum atomic E-state index is 12.1. The van der Waals surface area contributed by atoms with Gasteiger partial charge in [0.15, 0.2) is 5.78 Å². The standard InChI is InChI=1S/C17H26O2/c1-6-7-12(2)10-19-11-17(18)16-9-14(4)13(3)8-15(16)5/h8-9,12H,6-7,10-11H2,1-5H3. The van der Waals surface area contributed by atoms with Crippen molar-refractivity contribution in [3.63, 3.8) is 0 Å². The summed E-state index contributed by atoms with van der Waals surface area (Å²) in [5.41, 5.74) is 4.23. The van der Waals surface area contributed by atoms with Gasteiger partial charge in [-0.3, -0.25) is 4.79 Å². The molecule has 0 aliphatic rings. The molecule has 106 valence electrons. The van der Waals surface area contributed by atoms with E-state index in [4.69, 9.17) is 4.74 Å². The van der Waals surface area contributed by atoms with E-state index in [0.29, 0.717) is 12.5 Å². The summed E-state index contributed by atoms with van der Waals surface area (Å²) in [6.07, 6.45) is 2.31. The van der Waals surface area contributed by atoms with Crippen molar-refractivity contribution in [3.8, 4) is 0 Å². The quantitative estimate of drug-likeness (QED) is 0.687. The molecule has 0 aliphatic heterocycles. The summed E-state index contributed by atoms with van der Waals surface area (Å²) in [5, 5.41) is 0. The maximum absolute atomic E-state index is 12.1. The number of ketones is 1. The van der Waals surface area contributed by atoms with E-state index >= 15 is 0 Å². The molecule has 1 aromatic carbocycles. The molecule has 0 saturated heterocycles. The summed E-state index contributed by atoms with van der Waals surface area (Å²) in [4.78, 5) is 12.1. The van der Waals surface area contributed by atoms with Crippen LogP contribution in [-0.2, 0) is 4.74 Å². The Hall–Kier alpha value is -1.15. The summed E-state index contributed by atoms with van der Waals surface area (Å²) < 4.78 is 5.54. The lowest BCUT2D eigenvalue weighted by molar-refractivity contribution is 0.0682. The molecule has 0 radical (unpaired) electrons. The molecule has 19 heavy (non-hydrogen) atoms. The predicted molar refractivity (Wildman–Crippen MR) is 79.9 cm³/mol. The minimum atomic E-state index is 0.0873. The van der Waals surface area contributed by atoms with Gasteiger partial charge >= 0.3 is 0 Å². The van der Waals surface area contributed by atoms with Crippen molar-refractivity contribution in [2.24, 2.45) is 5.92 Å². The van der Waals surface area contributed by atoms with E-state index in [2.05, 4.69) is 26.8 Å². The highest BCUT2D eigenvalue weighted by molar-refractivity contribution is 5.98. The van der Waals surface area contributed by atoms with E-state index in [1.807, 2.05) is 19.9 Å². The Morgan fingerprint density at radius 1 is 1.16 bits per heavy atom. The Labute approximate surface area is 117 Å². The molecule has 0 heterocycles. The van der Waals surface area contributed by atoms with Crippen LogP contribution in [-0.4, -0.2) is 19.0 Å². The predicted octanol–water partition coefficient (Wildman–Crippen LogP) is 4.25. The number of carbonyl (C=O) groups is 1. The molecular formula is C17H26O2. The van der Waals surface area contributed by atoms with Gasteiger partial charge in [-0.05, 0) is 55.9 Å². The molecule has 2 nitrogen and oxygen atoms in total. The second kappa shape index (κ2) is 7.44. The van der Waals surface area contributed by atoms with Gasteiger partial charge in [-0.25, -0.2) is 0 Å². The molecule has 0 aromatic heterocycles. The summed E-state index contributed by atoms with van der Waals surface area (Å²) >= 11 is 0. The van der Waals surface area contributed by atoms with E-state index < -0.39 is 0 Å². The first-order chi connectivity index (χ1) is 8.95. The number of hydrogen-bond donors (Lipinski definition) is 0. The van der Waals surface area contributed by atoms with Crippen molar-refractivity contribution < 1.29 is 9.53 Å². The zero-order chi connectivity index (χ0) is 14.4. The number of benzene rings is 1. The monoisotopic (exact) mass is 262 g/mol. The molecule has 0 aliphatic carbocycles. The highest BCUT2D eigenvalue weighted by Gasteiger charge is 2.11. The van der Waals surface area contributed by atoms with Crippen LogP contribution in [0.25, 0.3) is 0 Å². The van der Waals surface area contributed by atoms with Gasteiger partial charge in [0.05, 0.1) is 0 Å². The number of ether oxygens (including phenoxy) is 1. The van der Waals surface area contributed by atoms with E-state index in [-0.39, 0.29) is 12.4 Å². The first-order valence-corrected chi connectivity index (χ1v) is 7.14. The maximum Gasteiger partial charge on any atom is 0.188 e. The number of Topliss-reactive ketones (excluding diaryl/α,β-unsaturated/α-hetero) is 1. The molecule has 1 rings (SSSR count). The fourth-order valence-corrected chi connectivity index (χ4v) is 2.27. The van der Waals surface area contributed by atoms with Crippen LogP contribution in [0, 0.1) is 26.7 Å². The van der Waals surface area contributed by atoms with Crippen LogP contribution in [0.3, 0.4) is 0 Å². The molecule has 1 aromatic rings. The van der Waals surface area contributed by atoms with Crippen LogP contribution < -0.4 is 0 Å². The lowest BCUT2D eigenvalue weighted by atomic mass is 9.98. The molecule has 1 unspecified atom stereocenters. The Morgan fingerprint density at radius 2 is 1.79 bits per heavy atom. The van der Waals surface area contributed by atoms with Gasteiger partial charge in [0.1, 0.15) is 6.61 Å². The number of aryl methyl sites for hydroxylation is 3. The summed E-state index contributed by atoms with van der Waals surface area (Å²) in [6.45, 7) is 11.3. The lowest BCUT2D eigenvalue weighted by Crippen LogP contribution is -2.14. The normalized spacial score (nSPS) is 12.5. The molecule has 0 amide bonds. The Morgan fingerprint density at radius 3 is 2.42 bits per heavy atom. The van der Waals surface area contributed by atoms with Gasteiger partial charge in [-0.1, -0.05) is 26.3 Å². The molecule has 0 fully saturated rings. The smallest absolute Gasteiger partial charge is 0.188 e. The molecular weight excluding hydrogens is 236 g/mol. The number of rotatable bonds is 7. The number of carbonyl (C=O) groups excluding carboxylic acids is 1. The van der Waals surface area contributed by atoms with Crippen LogP contribution in [0.15, 0.2) is 12.1 Å². The first-order valence-electron chi connectivity index (χ1n) is 7.14. The van der Waals surface area contributed by atoms with Gasteiger partial charge in [0.2, 0.25) is 0 Å². The van der Waals surface area contributed by atoms with Crippen LogP contribution in [0.2, 0.25) is 0 Å². The van der Waals surface area contributed by atoms with Gasteiger partial charge < -0.3 is 4.74 Å². The molecule has 0 N–H and O–H groups in total. The fourth-order valence-electron chi connectivity index (χ4n) is 2.27. The first kappa shape index (κ1) is 15.9. The molecule has 2 heteroatoms. The van der Waals surface area contributed by atoms with Gasteiger partial charge in [-0.15, -0.1) is 0 Å². The van der Waals surface area contributed by atoms with Gasteiger partial charge in [0.25, 0.3) is 0 Å². The zero-order valence-corrected chi connectivity index (χ0v) is 12.9. The van der Waals surface area contributed by atoms with Crippen molar-refractivity contribution in [2.45, 2.75) is 47.5 Å². The Balaban J connectivity index is 2.57. The SMILES string of the molecule is CCCC(C)COCC(=O)c1cc(C)c(C)cc1C. The topological polar surface area (TPSA) is 26.3 Å². The third-order valence-electron chi connectivity index (χ3n) is 3.56. The van der Waals surface area contributed by atoms with Crippen molar-refractivity contribution in [2.75, 3.05) is 13.2 Å². The second-order valence-corrected chi connectivity index (χ2v) is 5.58. The van der Waals surface area contributed by atoms with Crippen LogP contribution in [0.4, 0.5) is 0 Å². The van der Waals surface area contributed by atoms with Gasteiger partial charge in [-0.2, -0.15) is 0 Å². The Bertz CT molecular complexity index is 435. The average Bonchev–Trinajstić information content (AvgIpc) is 2.34. The minimum Gasteiger partial charge on any atom is -0.373 e. The average molecular weight is 262 g/mol. The highest BCUT2D eigenvalue weighted by atomic mass is 16.5. The zero-order valence-electron chi connectivity index (χ0n) is 12.9. The third-order valence-corrected chi connectivity index (χ3v) is 3.56. The minimum absolute atomic E-state index is 0.0873. The van der Waals surface area contributed by atoms with E-state index in [1.165, 1.54) is 5.56 Å². The highest BCUT2D eigenvalue weighted by Crippen LogP contribution is 2.16. The summed E-state index contributed by atoms with van der Waals surface area (Å²) in [5.74, 6) is 0.614. The lowest BCUT2D eigenvalue weighted by Gasteiger charge is -2.12. The summed E-state index contributed by atoms with van der Waals surface area (Å²) in [6, 6.07) is 4.05. The molecule has 0 saturated carbocycles. The third kappa shape index (κ3) is 4.79. The second-order valence-electron chi connectivity index (χ2n) is 5.58. The van der Waals surface area contributed by atoms with Crippen molar-refractivity contribution in [3.05, 3.63) is 34.4 Å². The van der Waals surface area contributed by atoms with Gasteiger partial charge in [0, 0.05) is 12.2 Å². The van der Waals surface area contributed by atoms with E-state index in [1.54, 1.807) is 0 Å². The van der Waals surface area contributed by atoms with Crippen molar-refractivity contribution >= 4 is 5.78 Å². The van der Waals surface area contributed by atoms with E-state index in [9.17, 15) is 4.79 Å². The largest absolute Gasteiger partial charge is 0.373 e. The number of hydrogen-bond acceptors (Lipinski definition) is 2. The summed E-state index contributed by atoms with van der Waals surface area (Å²) in [7, 11) is 0. The van der Waals surface area contributed by atoms with Crippen LogP contribution in [0.5, 0.6) is 0 Å². The molecule has 0 bridgehead atoms. The van der Waals surface area contributed by atoms with Crippen LogP contribution in [0.1, 0.15) is 53.7 Å². The molecule has 0 spiro atoms. The fraction of sp³-hybridized carbons (Fsp3) is 0.588. The Kier molecular flexibility index (Phi) is 6.23. The van der Waals surface area contributed by atoms with Crippen molar-refractivity contribution in [1.82, 2.24) is 0 Å². The molecule has 1 atom stereocenters. The van der Waals surface area contributed by atoms with Crippen molar-refractivity contribution in [1.29, 1.82) is 0 Å². The van der Waals surface area contributed by atoms with E-state index in [0.717, 1.165) is 29.5 Å².